The number of hydrogen-bond donors (Lipinski definition) is 0. The van der Waals surface area contributed by atoms with E-state index in [0.29, 0.717) is 0 Å². The summed E-state index contributed by atoms with van der Waals surface area (Å²) in [6.45, 7) is 0. The normalized spacial score (nSPS) is 11.1. The molecule has 5 heteroatoms. The molecule has 0 bridgehead atoms. The summed E-state index contributed by atoms with van der Waals surface area (Å²) in [6.07, 6.45) is 3.05. The van der Waals surface area contributed by atoms with Gasteiger partial charge < -0.3 is 12.4 Å². The quantitative estimate of drug-likeness (QED) is 0.257. The van der Waals surface area contributed by atoms with E-state index >= 15 is 0 Å². The van der Waals surface area contributed by atoms with Crippen LogP contribution in [0.1, 0.15) is 5.56 Å². The second kappa shape index (κ2) is 12.0. The molecule has 0 spiro atoms. The number of nitrogens with zero attached hydrogens (tertiary/aromatic N) is 2. The molecule has 5 aromatic carbocycles. The number of rotatable bonds is 7. The molecule has 6 aromatic rings. The molecular formula is C34H27Cl2N2P. The second-order valence-corrected chi connectivity index (χ2v) is 13.2. The van der Waals surface area contributed by atoms with Crippen molar-refractivity contribution in [1.82, 2.24) is 9.78 Å². The SMILES string of the molecule is Clc1ccc(-c2nn(-c3ccccc3)cc2C[P+](c2ccccc2)(c2ccccc2)c2ccccc2)cc1.[Cl-]. The Morgan fingerprint density at radius 2 is 1.00 bits per heavy atom. The van der Waals surface area contributed by atoms with Gasteiger partial charge in [0, 0.05) is 22.3 Å². The molecule has 0 saturated heterocycles. The smallest absolute Gasteiger partial charge is 0.116 e. The predicted octanol–water partition coefficient (Wildman–Crippen LogP) is 4.69. The van der Waals surface area contributed by atoms with Crippen LogP contribution in [0.5, 0.6) is 0 Å². The Hall–Kier alpha value is -3.68. The molecule has 0 radical (unpaired) electrons. The van der Waals surface area contributed by atoms with Crippen molar-refractivity contribution in [2.24, 2.45) is 0 Å². The maximum Gasteiger partial charge on any atom is 0.116 e. The van der Waals surface area contributed by atoms with Gasteiger partial charge in [-0.1, -0.05) is 96.5 Å². The van der Waals surface area contributed by atoms with Gasteiger partial charge in [0.15, 0.2) is 0 Å². The van der Waals surface area contributed by atoms with Crippen LogP contribution in [0.3, 0.4) is 0 Å². The van der Waals surface area contributed by atoms with Crippen molar-refractivity contribution in [1.29, 1.82) is 0 Å². The second-order valence-electron chi connectivity index (χ2n) is 9.26. The molecular weight excluding hydrogens is 538 g/mol. The summed E-state index contributed by atoms with van der Waals surface area (Å²) in [5.41, 5.74) is 4.29. The van der Waals surface area contributed by atoms with Gasteiger partial charge >= 0.3 is 0 Å². The molecule has 0 aliphatic rings. The molecule has 0 aliphatic heterocycles. The van der Waals surface area contributed by atoms with Gasteiger partial charge in [-0.15, -0.1) is 0 Å². The van der Waals surface area contributed by atoms with Crippen LogP contribution in [-0.4, -0.2) is 9.78 Å². The summed E-state index contributed by atoms with van der Waals surface area (Å²) < 4.78 is 2.01. The topological polar surface area (TPSA) is 17.8 Å². The van der Waals surface area contributed by atoms with E-state index in [-0.39, 0.29) is 12.4 Å². The first kappa shape index (κ1) is 26.9. The van der Waals surface area contributed by atoms with Crippen LogP contribution in [0.4, 0.5) is 0 Å². The Morgan fingerprint density at radius 3 is 1.46 bits per heavy atom. The molecule has 192 valence electrons. The molecule has 39 heavy (non-hydrogen) atoms. The molecule has 0 atom stereocenters. The van der Waals surface area contributed by atoms with E-state index < -0.39 is 7.26 Å². The Morgan fingerprint density at radius 1 is 0.564 bits per heavy atom. The average molecular weight is 565 g/mol. The summed E-state index contributed by atoms with van der Waals surface area (Å²) >= 11 is 6.27. The first-order chi connectivity index (χ1) is 18.7. The summed E-state index contributed by atoms with van der Waals surface area (Å²) in [4.78, 5) is 0. The fraction of sp³-hybridized carbons (Fsp3) is 0.0294. The third-order valence-corrected chi connectivity index (χ3v) is 11.5. The molecule has 1 heterocycles. The fourth-order valence-corrected chi connectivity index (χ4v) is 9.47. The summed E-state index contributed by atoms with van der Waals surface area (Å²) in [5, 5.41) is 9.92. The van der Waals surface area contributed by atoms with Gasteiger partial charge in [0.2, 0.25) is 0 Å². The van der Waals surface area contributed by atoms with Crippen LogP contribution in [0.15, 0.2) is 152 Å². The van der Waals surface area contributed by atoms with Crippen LogP contribution in [0, 0.1) is 0 Å². The minimum Gasteiger partial charge on any atom is -1.00 e. The van der Waals surface area contributed by atoms with Gasteiger partial charge in [-0.2, -0.15) is 5.10 Å². The number of para-hydroxylation sites is 1. The molecule has 0 saturated carbocycles. The van der Waals surface area contributed by atoms with Crippen LogP contribution >= 0.6 is 18.9 Å². The monoisotopic (exact) mass is 564 g/mol. The van der Waals surface area contributed by atoms with E-state index in [1.807, 2.05) is 35.0 Å². The molecule has 6 rings (SSSR count). The Labute approximate surface area is 241 Å². The lowest BCUT2D eigenvalue weighted by Gasteiger charge is -2.27. The molecule has 0 fully saturated rings. The zero-order valence-electron chi connectivity index (χ0n) is 21.2. The largest absolute Gasteiger partial charge is 1.00 e. The van der Waals surface area contributed by atoms with E-state index in [2.05, 4.69) is 121 Å². The Bertz CT molecular complexity index is 1520. The van der Waals surface area contributed by atoms with Crippen molar-refractivity contribution in [3.05, 3.63) is 162 Å². The fourth-order valence-electron chi connectivity index (χ4n) is 5.11. The first-order valence-corrected chi connectivity index (χ1v) is 15.0. The van der Waals surface area contributed by atoms with Crippen LogP contribution in [-0.2, 0) is 6.16 Å². The number of hydrogen-bond acceptors (Lipinski definition) is 1. The molecule has 0 amide bonds. The van der Waals surface area contributed by atoms with Crippen molar-refractivity contribution in [3.63, 3.8) is 0 Å². The standard InChI is InChI=1S/C34H27ClN2P.ClH/c35-29-23-21-27(22-24-29)34-28(25-37(36-34)30-13-5-1-6-14-30)26-38(31-15-7-2-8-16-31,32-17-9-3-10-18-32)33-19-11-4-12-20-33;/h1-25H,26H2;1H/q+1;/p-1. The third-order valence-electron chi connectivity index (χ3n) is 6.93. The number of aromatic nitrogens is 2. The lowest BCUT2D eigenvalue weighted by molar-refractivity contribution is -0.00000727. The maximum absolute atomic E-state index is 6.27. The van der Waals surface area contributed by atoms with E-state index in [9.17, 15) is 0 Å². The summed E-state index contributed by atoms with van der Waals surface area (Å²) in [5.74, 6) is 0. The average Bonchev–Trinajstić information content (AvgIpc) is 3.42. The predicted molar refractivity (Wildman–Crippen MR) is 163 cm³/mol. The zero-order chi connectivity index (χ0) is 25.8. The third kappa shape index (κ3) is 5.42. The van der Waals surface area contributed by atoms with E-state index in [0.717, 1.165) is 28.1 Å². The van der Waals surface area contributed by atoms with Crippen molar-refractivity contribution >= 4 is 34.8 Å². The van der Waals surface area contributed by atoms with Crippen LogP contribution in [0.25, 0.3) is 16.9 Å². The summed E-state index contributed by atoms with van der Waals surface area (Å²) in [6, 6.07) is 51.3. The lowest BCUT2D eigenvalue weighted by Crippen LogP contribution is -3.00. The number of halogens is 2. The van der Waals surface area contributed by atoms with E-state index in [4.69, 9.17) is 16.7 Å². The Balaban J connectivity index is 0.00000308. The van der Waals surface area contributed by atoms with Gasteiger partial charge in [-0.05, 0) is 60.7 Å². The highest BCUT2D eigenvalue weighted by Crippen LogP contribution is 2.58. The van der Waals surface area contributed by atoms with Crippen molar-refractivity contribution in [3.8, 4) is 16.9 Å². The van der Waals surface area contributed by atoms with Crippen LogP contribution in [0.2, 0.25) is 5.02 Å². The van der Waals surface area contributed by atoms with Gasteiger partial charge in [-0.3, -0.25) is 0 Å². The van der Waals surface area contributed by atoms with E-state index in [1.165, 1.54) is 21.5 Å². The van der Waals surface area contributed by atoms with Crippen molar-refractivity contribution in [2.75, 3.05) is 0 Å². The van der Waals surface area contributed by atoms with Gasteiger partial charge in [0.25, 0.3) is 0 Å². The minimum atomic E-state index is -2.09. The molecule has 0 N–H and O–H groups in total. The molecule has 1 aromatic heterocycles. The van der Waals surface area contributed by atoms with Gasteiger partial charge in [0.05, 0.1) is 11.4 Å². The minimum absolute atomic E-state index is 0. The highest BCUT2D eigenvalue weighted by Gasteiger charge is 2.46. The zero-order valence-corrected chi connectivity index (χ0v) is 23.6. The van der Waals surface area contributed by atoms with Gasteiger partial charge in [-0.25, -0.2) is 4.68 Å². The highest BCUT2D eigenvalue weighted by atomic mass is 35.5. The Kier molecular flexibility index (Phi) is 8.29. The highest BCUT2D eigenvalue weighted by molar-refractivity contribution is 7.95. The van der Waals surface area contributed by atoms with Crippen molar-refractivity contribution < 1.29 is 12.4 Å². The first-order valence-electron chi connectivity index (χ1n) is 12.7. The van der Waals surface area contributed by atoms with Crippen molar-refractivity contribution in [2.45, 2.75) is 6.16 Å². The van der Waals surface area contributed by atoms with E-state index in [1.54, 1.807) is 0 Å². The van der Waals surface area contributed by atoms with Gasteiger partial charge in [0.1, 0.15) is 29.3 Å². The molecule has 0 unspecified atom stereocenters. The number of benzene rings is 5. The lowest BCUT2D eigenvalue weighted by atomic mass is 10.1. The van der Waals surface area contributed by atoms with Crippen LogP contribution < -0.4 is 28.3 Å². The molecule has 0 aliphatic carbocycles. The summed E-state index contributed by atoms with van der Waals surface area (Å²) in [7, 11) is -2.09. The maximum atomic E-state index is 6.27. The molecule has 2 nitrogen and oxygen atoms in total.